The summed E-state index contributed by atoms with van der Waals surface area (Å²) in [6, 6.07) is 26.4. The van der Waals surface area contributed by atoms with Crippen LogP contribution in [0.3, 0.4) is 0 Å². The molecule has 0 radical (unpaired) electrons. The van der Waals surface area contributed by atoms with Crippen LogP contribution < -0.4 is 4.90 Å². The van der Waals surface area contributed by atoms with E-state index in [1.165, 1.54) is 10.8 Å². The van der Waals surface area contributed by atoms with Crippen LogP contribution in [0, 0.1) is 6.92 Å². The molecule has 4 aromatic rings. The highest BCUT2D eigenvalue weighted by atomic mass is 16.2. The number of carbonyl (C=O) groups excluding carboxylic acids is 1. The Morgan fingerprint density at radius 3 is 2.26 bits per heavy atom. The summed E-state index contributed by atoms with van der Waals surface area (Å²) in [6.07, 6.45) is 0. The number of hydrogen-bond acceptors (Lipinski definition) is 4. The zero-order valence-corrected chi connectivity index (χ0v) is 17.5. The molecule has 1 aliphatic heterocycles. The molecule has 2 heterocycles. The minimum absolute atomic E-state index is 0.0945. The van der Waals surface area contributed by atoms with E-state index in [9.17, 15) is 4.79 Å². The average molecular weight is 409 g/mol. The molecule has 154 valence electrons. The second-order valence-corrected chi connectivity index (χ2v) is 7.95. The van der Waals surface area contributed by atoms with Crippen molar-refractivity contribution in [2.24, 2.45) is 0 Å². The van der Waals surface area contributed by atoms with Crippen molar-refractivity contribution in [2.45, 2.75) is 6.92 Å². The van der Waals surface area contributed by atoms with Gasteiger partial charge in [-0.2, -0.15) is 0 Å². The lowest BCUT2D eigenvalue weighted by molar-refractivity contribution is 0.0746. The average Bonchev–Trinajstić information content (AvgIpc) is 2.84. The Hall–Kier alpha value is -3.73. The number of rotatable bonds is 3. The molecule has 5 nitrogen and oxygen atoms in total. The quantitative estimate of drug-likeness (QED) is 0.498. The van der Waals surface area contributed by atoms with E-state index in [0.29, 0.717) is 13.1 Å². The SMILES string of the molecule is Cc1ccc(C(=O)N2CCN(c3ccc(-c4cccc5ccccc45)nn3)CC2)cc1. The van der Waals surface area contributed by atoms with Crippen LogP contribution >= 0.6 is 0 Å². The summed E-state index contributed by atoms with van der Waals surface area (Å²) in [6.45, 7) is 4.89. The van der Waals surface area contributed by atoms with Gasteiger partial charge in [0.1, 0.15) is 0 Å². The highest BCUT2D eigenvalue weighted by Gasteiger charge is 2.23. The van der Waals surface area contributed by atoms with Gasteiger partial charge in [0.15, 0.2) is 5.82 Å². The topological polar surface area (TPSA) is 49.3 Å². The Labute approximate surface area is 182 Å². The molecule has 5 heteroatoms. The first kappa shape index (κ1) is 19.2. The highest BCUT2D eigenvalue weighted by molar-refractivity contribution is 5.96. The summed E-state index contributed by atoms with van der Waals surface area (Å²) in [7, 11) is 0. The van der Waals surface area contributed by atoms with E-state index in [-0.39, 0.29) is 5.91 Å². The van der Waals surface area contributed by atoms with E-state index in [4.69, 9.17) is 0 Å². The first-order chi connectivity index (χ1) is 15.2. The summed E-state index contributed by atoms with van der Waals surface area (Å²) < 4.78 is 0. The molecule has 1 aromatic heterocycles. The van der Waals surface area contributed by atoms with Crippen molar-refractivity contribution in [1.82, 2.24) is 15.1 Å². The van der Waals surface area contributed by atoms with Crippen molar-refractivity contribution in [3.05, 3.63) is 90.0 Å². The number of benzene rings is 3. The van der Waals surface area contributed by atoms with Crippen LogP contribution in [0.5, 0.6) is 0 Å². The van der Waals surface area contributed by atoms with Crippen LogP contribution in [0.2, 0.25) is 0 Å². The van der Waals surface area contributed by atoms with Gasteiger partial charge in [-0.1, -0.05) is 60.2 Å². The number of anilines is 1. The molecule has 0 N–H and O–H groups in total. The van der Waals surface area contributed by atoms with E-state index < -0.39 is 0 Å². The van der Waals surface area contributed by atoms with Gasteiger partial charge in [-0.15, -0.1) is 10.2 Å². The van der Waals surface area contributed by atoms with Crippen LogP contribution in [0.1, 0.15) is 15.9 Å². The van der Waals surface area contributed by atoms with Crippen LogP contribution in [-0.2, 0) is 0 Å². The lowest BCUT2D eigenvalue weighted by atomic mass is 10.0. The fraction of sp³-hybridized carbons (Fsp3) is 0.192. The minimum Gasteiger partial charge on any atom is -0.352 e. The molecule has 0 unspecified atom stereocenters. The summed E-state index contributed by atoms with van der Waals surface area (Å²) >= 11 is 0. The number of fused-ring (bicyclic) bond motifs is 1. The maximum absolute atomic E-state index is 12.7. The van der Waals surface area contributed by atoms with Gasteiger partial charge in [0.2, 0.25) is 0 Å². The van der Waals surface area contributed by atoms with Gasteiger partial charge in [0.25, 0.3) is 5.91 Å². The molecule has 0 aliphatic carbocycles. The van der Waals surface area contributed by atoms with Crippen LogP contribution in [0.25, 0.3) is 22.0 Å². The minimum atomic E-state index is 0.0945. The third-order valence-corrected chi connectivity index (χ3v) is 5.91. The molecule has 0 atom stereocenters. The van der Waals surface area contributed by atoms with Crippen LogP contribution in [-0.4, -0.2) is 47.2 Å². The van der Waals surface area contributed by atoms with Gasteiger partial charge in [-0.05, 0) is 42.0 Å². The van der Waals surface area contributed by atoms with Crippen LogP contribution in [0.15, 0.2) is 78.9 Å². The lowest BCUT2D eigenvalue weighted by Gasteiger charge is -2.35. The van der Waals surface area contributed by atoms with Crippen molar-refractivity contribution in [3.63, 3.8) is 0 Å². The molecular formula is C26H24N4O. The van der Waals surface area contributed by atoms with E-state index >= 15 is 0 Å². The van der Waals surface area contributed by atoms with Gasteiger partial charge in [0.05, 0.1) is 5.69 Å². The van der Waals surface area contributed by atoms with E-state index in [0.717, 1.165) is 41.3 Å². The Morgan fingerprint density at radius 1 is 0.774 bits per heavy atom. The number of hydrogen-bond donors (Lipinski definition) is 0. The third kappa shape index (κ3) is 3.87. The molecule has 1 amide bonds. The number of aryl methyl sites for hydroxylation is 1. The Kier molecular flexibility index (Phi) is 5.08. The molecule has 1 fully saturated rings. The Bertz CT molecular complexity index is 1210. The molecule has 0 spiro atoms. The van der Waals surface area contributed by atoms with Crippen molar-refractivity contribution in [2.75, 3.05) is 31.1 Å². The number of aromatic nitrogens is 2. The molecule has 31 heavy (non-hydrogen) atoms. The van der Waals surface area contributed by atoms with Gasteiger partial charge < -0.3 is 9.80 Å². The maximum Gasteiger partial charge on any atom is 0.253 e. The predicted octanol–water partition coefficient (Wildman–Crippen LogP) is 4.57. The second kappa shape index (κ2) is 8.19. The largest absolute Gasteiger partial charge is 0.352 e. The fourth-order valence-corrected chi connectivity index (χ4v) is 4.10. The Morgan fingerprint density at radius 2 is 1.52 bits per heavy atom. The molecule has 0 saturated carbocycles. The number of carbonyl (C=O) groups is 1. The maximum atomic E-state index is 12.7. The monoisotopic (exact) mass is 408 g/mol. The lowest BCUT2D eigenvalue weighted by Crippen LogP contribution is -2.49. The standard InChI is InChI=1S/C26H24N4O/c1-19-9-11-21(12-10-19)26(31)30-17-15-29(16-18-30)25-14-13-24(27-28-25)23-8-4-6-20-5-2-3-7-22(20)23/h2-14H,15-18H2,1H3. The summed E-state index contributed by atoms with van der Waals surface area (Å²) in [5.41, 5.74) is 3.87. The molecule has 1 aliphatic rings. The highest BCUT2D eigenvalue weighted by Crippen LogP contribution is 2.27. The van der Waals surface area contributed by atoms with Gasteiger partial charge >= 0.3 is 0 Å². The summed E-state index contributed by atoms with van der Waals surface area (Å²) in [5, 5.41) is 11.4. The number of amides is 1. The van der Waals surface area contributed by atoms with Crippen molar-refractivity contribution >= 4 is 22.5 Å². The van der Waals surface area contributed by atoms with Crippen LogP contribution in [0.4, 0.5) is 5.82 Å². The fourth-order valence-electron chi connectivity index (χ4n) is 4.10. The zero-order chi connectivity index (χ0) is 21.2. The number of nitrogens with zero attached hydrogens (tertiary/aromatic N) is 4. The molecule has 3 aromatic carbocycles. The Balaban J connectivity index is 1.28. The van der Waals surface area contributed by atoms with Crippen molar-refractivity contribution in [3.8, 4) is 11.3 Å². The zero-order valence-electron chi connectivity index (χ0n) is 17.5. The summed E-state index contributed by atoms with van der Waals surface area (Å²) in [5.74, 6) is 0.948. The predicted molar refractivity (Wildman–Crippen MR) is 124 cm³/mol. The van der Waals surface area contributed by atoms with Gasteiger partial charge in [-0.3, -0.25) is 4.79 Å². The summed E-state index contributed by atoms with van der Waals surface area (Å²) in [4.78, 5) is 16.9. The van der Waals surface area contributed by atoms with Crippen molar-refractivity contribution < 1.29 is 4.79 Å². The van der Waals surface area contributed by atoms with Crippen molar-refractivity contribution in [1.29, 1.82) is 0 Å². The van der Waals surface area contributed by atoms with Gasteiger partial charge in [0, 0.05) is 37.3 Å². The molecule has 5 rings (SSSR count). The van der Waals surface area contributed by atoms with E-state index in [2.05, 4.69) is 45.4 Å². The molecule has 0 bridgehead atoms. The third-order valence-electron chi connectivity index (χ3n) is 5.91. The van der Waals surface area contributed by atoms with Gasteiger partial charge in [-0.25, -0.2) is 0 Å². The first-order valence-electron chi connectivity index (χ1n) is 10.6. The normalized spacial score (nSPS) is 14.1. The molecule has 1 saturated heterocycles. The smallest absolute Gasteiger partial charge is 0.253 e. The van der Waals surface area contributed by atoms with E-state index in [1.54, 1.807) is 0 Å². The second-order valence-electron chi connectivity index (χ2n) is 7.95. The number of piperazine rings is 1. The first-order valence-corrected chi connectivity index (χ1v) is 10.6. The molecular weight excluding hydrogens is 384 g/mol. The van der Waals surface area contributed by atoms with E-state index in [1.807, 2.05) is 60.4 Å².